The third-order valence-electron chi connectivity index (χ3n) is 2.27. The lowest BCUT2D eigenvalue weighted by molar-refractivity contribution is 0.474. The Morgan fingerprint density at radius 3 is 2.31 bits per heavy atom. The molecule has 1 rings (SSSR count). The summed E-state index contributed by atoms with van der Waals surface area (Å²) in [5.74, 6) is 0.576. The van der Waals surface area contributed by atoms with Crippen molar-refractivity contribution >= 4 is 0 Å². The van der Waals surface area contributed by atoms with Crippen LogP contribution in [-0.4, -0.2) is 0 Å². The zero-order valence-corrected chi connectivity index (χ0v) is 8.20. The lowest BCUT2D eigenvalue weighted by Crippen LogP contribution is -2.09. The van der Waals surface area contributed by atoms with Crippen LogP contribution in [0.5, 0.6) is 0 Å². The molecule has 0 N–H and O–H groups in total. The first kappa shape index (κ1) is 9.80. The number of hydrogen-bond acceptors (Lipinski definition) is 1. The maximum atomic E-state index is 8.91. The molecule has 0 heterocycles. The van der Waals surface area contributed by atoms with Crippen LogP contribution in [-0.2, 0) is 6.42 Å². The maximum absolute atomic E-state index is 8.91. The van der Waals surface area contributed by atoms with E-state index in [9.17, 15) is 0 Å². The number of rotatable bonds is 3. The van der Waals surface area contributed by atoms with E-state index in [4.69, 9.17) is 5.26 Å². The number of hydrogen-bond donors (Lipinski definition) is 0. The first-order valence-electron chi connectivity index (χ1n) is 4.67. The van der Waals surface area contributed by atoms with E-state index >= 15 is 0 Å². The zero-order chi connectivity index (χ0) is 9.68. The minimum Gasteiger partial charge on any atom is -0.198 e. The highest BCUT2D eigenvalue weighted by Gasteiger charge is 2.12. The van der Waals surface area contributed by atoms with Crippen molar-refractivity contribution in [1.29, 1.82) is 5.26 Å². The predicted octanol–water partition coefficient (Wildman–Crippen LogP) is 3.02. The van der Waals surface area contributed by atoms with Crippen LogP contribution < -0.4 is 0 Å². The van der Waals surface area contributed by atoms with E-state index < -0.39 is 0 Å². The van der Waals surface area contributed by atoms with Crippen molar-refractivity contribution in [3.63, 3.8) is 0 Å². The Balaban J connectivity index is 2.64. The molecule has 1 atom stereocenters. The normalized spacial score (nSPS) is 12.5. The van der Waals surface area contributed by atoms with Gasteiger partial charge in [0, 0.05) is 0 Å². The van der Waals surface area contributed by atoms with Crippen LogP contribution in [0.15, 0.2) is 30.3 Å². The van der Waals surface area contributed by atoms with Gasteiger partial charge in [0.1, 0.15) is 0 Å². The monoisotopic (exact) mass is 173 g/mol. The van der Waals surface area contributed by atoms with E-state index in [0.29, 0.717) is 5.92 Å². The van der Waals surface area contributed by atoms with Crippen molar-refractivity contribution < 1.29 is 0 Å². The molecule has 1 aromatic carbocycles. The summed E-state index contributed by atoms with van der Waals surface area (Å²) in [5, 5.41) is 8.91. The van der Waals surface area contributed by atoms with Gasteiger partial charge < -0.3 is 0 Å². The van der Waals surface area contributed by atoms with Crippen LogP contribution in [0.25, 0.3) is 0 Å². The molecule has 0 amide bonds. The Bertz CT molecular complexity index is 282. The fourth-order valence-electron chi connectivity index (χ4n) is 1.30. The fourth-order valence-corrected chi connectivity index (χ4v) is 1.30. The van der Waals surface area contributed by atoms with E-state index in [1.165, 1.54) is 5.56 Å². The SMILES string of the molecule is CC(C)C(C#N)Cc1ccccc1. The quantitative estimate of drug-likeness (QED) is 0.689. The molecule has 0 saturated carbocycles. The van der Waals surface area contributed by atoms with Gasteiger partial charge in [-0.3, -0.25) is 0 Å². The summed E-state index contributed by atoms with van der Waals surface area (Å²) >= 11 is 0. The molecule has 13 heavy (non-hydrogen) atoms. The molecule has 0 aliphatic heterocycles. The van der Waals surface area contributed by atoms with Crippen LogP contribution in [0.4, 0.5) is 0 Å². The van der Waals surface area contributed by atoms with Gasteiger partial charge >= 0.3 is 0 Å². The van der Waals surface area contributed by atoms with E-state index in [0.717, 1.165) is 6.42 Å². The van der Waals surface area contributed by atoms with Gasteiger partial charge in [-0.25, -0.2) is 0 Å². The molecule has 0 aliphatic rings. The van der Waals surface area contributed by atoms with Crippen molar-refractivity contribution in [3.8, 4) is 6.07 Å². The van der Waals surface area contributed by atoms with Gasteiger partial charge in [-0.1, -0.05) is 44.2 Å². The minimum atomic E-state index is 0.141. The zero-order valence-electron chi connectivity index (χ0n) is 8.20. The number of nitrogens with zero attached hydrogens (tertiary/aromatic N) is 1. The third-order valence-corrected chi connectivity index (χ3v) is 2.27. The average Bonchev–Trinajstić information content (AvgIpc) is 2.15. The maximum Gasteiger partial charge on any atom is 0.0661 e. The first-order valence-corrected chi connectivity index (χ1v) is 4.67. The summed E-state index contributed by atoms with van der Waals surface area (Å²) < 4.78 is 0. The molecule has 1 aromatic rings. The third kappa shape index (κ3) is 2.91. The van der Waals surface area contributed by atoms with Gasteiger partial charge in [-0.2, -0.15) is 5.26 Å². The molecule has 1 heteroatoms. The van der Waals surface area contributed by atoms with Crippen molar-refractivity contribution in [1.82, 2.24) is 0 Å². The van der Waals surface area contributed by atoms with Gasteiger partial charge in [-0.05, 0) is 17.9 Å². The largest absolute Gasteiger partial charge is 0.198 e. The lowest BCUT2D eigenvalue weighted by Gasteiger charge is -2.12. The Labute approximate surface area is 80.0 Å². The van der Waals surface area contributed by atoms with E-state index in [2.05, 4.69) is 32.0 Å². The van der Waals surface area contributed by atoms with Crippen molar-refractivity contribution in [2.75, 3.05) is 0 Å². The van der Waals surface area contributed by atoms with Gasteiger partial charge in [0.05, 0.1) is 12.0 Å². The Kier molecular flexibility index (Phi) is 3.52. The van der Waals surface area contributed by atoms with Crippen molar-refractivity contribution in [2.45, 2.75) is 20.3 Å². The van der Waals surface area contributed by atoms with E-state index in [1.54, 1.807) is 0 Å². The Hall–Kier alpha value is -1.29. The van der Waals surface area contributed by atoms with E-state index in [1.807, 2.05) is 18.2 Å². The highest BCUT2D eigenvalue weighted by atomic mass is 14.3. The van der Waals surface area contributed by atoms with Crippen LogP contribution in [0.3, 0.4) is 0 Å². The number of benzene rings is 1. The second-order valence-electron chi connectivity index (χ2n) is 3.67. The summed E-state index contributed by atoms with van der Waals surface area (Å²) in [7, 11) is 0. The highest BCUT2D eigenvalue weighted by Crippen LogP contribution is 2.15. The minimum absolute atomic E-state index is 0.141. The lowest BCUT2D eigenvalue weighted by atomic mass is 9.91. The first-order chi connectivity index (χ1) is 6.24. The molecule has 0 aliphatic carbocycles. The van der Waals surface area contributed by atoms with Crippen molar-refractivity contribution in [3.05, 3.63) is 35.9 Å². The molecule has 68 valence electrons. The second-order valence-corrected chi connectivity index (χ2v) is 3.67. The summed E-state index contributed by atoms with van der Waals surface area (Å²) in [5.41, 5.74) is 1.25. The number of nitriles is 1. The van der Waals surface area contributed by atoms with Crippen LogP contribution >= 0.6 is 0 Å². The van der Waals surface area contributed by atoms with Gasteiger partial charge in [0.15, 0.2) is 0 Å². The predicted molar refractivity (Wildman–Crippen MR) is 54.1 cm³/mol. The summed E-state index contributed by atoms with van der Waals surface area (Å²) in [6, 6.07) is 12.5. The van der Waals surface area contributed by atoms with Gasteiger partial charge in [-0.15, -0.1) is 0 Å². The molecule has 1 nitrogen and oxygen atoms in total. The Morgan fingerprint density at radius 1 is 1.23 bits per heavy atom. The summed E-state index contributed by atoms with van der Waals surface area (Å²) in [6.07, 6.45) is 0.870. The van der Waals surface area contributed by atoms with Crippen LogP contribution in [0, 0.1) is 23.2 Å². The standard InChI is InChI=1S/C12H15N/c1-10(2)12(9-13)8-11-6-4-3-5-7-11/h3-7,10,12H,8H2,1-2H3. The van der Waals surface area contributed by atoms with Gasteiger partial charge in [0.2, 0.25) is 0 Å². The molecule has 1 unspecified atom stereocenters. The molecule has 0 radical (unpaired) electrons. The van der Waals surface area contributed by atoms with Crippen molar-refractivity contribution in [2.24, 2.45) is 11.8 Å². The topological polar surface area (TPSA) is 23.8 Å². The highest BCUT2D eigenvalue weighted by molar-refractivity contribution is 5.16. The average molecular weight is 173 g/mol. The van der Waals surface area contributed by atoms with Gasteiger partial charge in [0.25, 0.3) is 0 Å². The summed E-state index contributed by atoms with van der Waals surface area (Å²) in [4.78, 5) is 0. The van der Waals surface area contributed by atoms with Crippen LogP contribution in [0.1, 0.15) is 19.4 Å². The molecule has 0 fully saturated rings. The molecule has 0 bridgehead atoms. The molecule has 0 spiro atoms. The smallest absolute Gasteiger partial charge is 0.0661 e. The summed E-state index contributed by atoms with van der Waals surface area (Å²) in [6.45, 7) is 4.19. The van der Waals surface area contributed by atoms with E-state index in [-0.39, 0.29) is 5.92 Å². The Morgan fingerprint density at radius 2 is 1.85 bits per heavy atom. The molecule has 0 aromatic heterocycles. The molecular formula is C12H15N. The van der Waals surface area contributed by atoms with Crippen LogP contribution in [0.2, 0.25) is 0 Å². The second kappa shape index (κ2) is 4.67. The molecular weight excluding hydrogens is 158 g/mol. The fraction of sp³-hybridized carbons (Fsp3) is 0.417. The molecule has 0 saturated heterocycles.